The molecule has 0 saturated carbocycles. The number of aromatic nitrogens is 2. The lowest BCUT2D eigenvalue weighted by Gasteiger charge is -2.10. The Kier molecular flexibility index (Phi) is 3.85. The van der Waals surface area contributed by atoms with Crippen LogP contribution in [0.3, 0.4) is 0 Å². The van der Waals surface area contributed by atoms with Crippen LogP contribution in [-0.4, -0.2) is 22.6 Å². The van der Waals surface area contributed by atoms with Crippen molar-refractivity contribution in [1.29, 1.82) is 0 Å². The van der Waals surface area contributed by atoms with E-state index in [9.17, 15) is 4.79 Å². The first-order valence-electron chi connectivity index (χ1n) is 4.57. The van der Waals surface area contributed by atoms with Crippen LogP contribution < -0.4 is 11.1 Å². The number of nitrogens with two attached hydrogens (primary N) is 1. The number of halogens is 1. The molecule has 0 radical (unpaired) electrons. The van der Waals surface area contributed by atoms with Gasteiger partial charge in [0.2, 0.25) is 0 Å². The van der Waals surface area contributed by atoms with Gasteiger partial charge in [0.1, 0.15) is 0 Å². The Morgan fingerprint density at radius 1 is 1.60 bits per heavy atom. The first-order chi connectivity index (χ1) is 7.00. The fourth-order valence-corrected chi connectivity index (χ4v) is 1.15. The fraction of sp³-hybridized carbons (Fsp3) is 0.444. The lowest BCUT2D eigenvalue weighted by molar-refractivity contribution is 0.0995. The number of carbonyl (C=O) groups excluding carboxylic acids is 1. The van der Waals surface area contributed by atoms with Gasteiger partial charge in [-0.05, 0) is 5.92 Å². The van der Waals surface area contributed by atoms with Crippen molar-refractivity contribution in [2.24, 2.45) is 11.7 Å². The van der Waals surface area contributed by atoms with Crippen LogP contribution in [0.25, 0.3) is 0 Å². The number of nitrogens with one attached hydrogen (secondary N) is 1. The molecule has 5 nitrogen and oxygen atoms in total. The second kappa shape index (κ2) is 4.93. The van der Waals surface area contributed by atoms with Crippen LogP contribution in [0.15, 0.2) is 6.07 Å². The van der Waals surface area contributed by atoms with Crippen LogP contribution in [0, 0.1) is 5.92 Å². The molecule has 0 aliphatic rings. The van der Waals surface area contributed by atoms with E-state index in [-0.39, 0.29) is 10.8 Å². The predicted octanol–water partition coefficient (Wildman–Crippen LogP) is 1.30. The summed E-state index contributed by atoms with van der Waals surface area (Å²) >= 11 is 5.67. The highest BCUT2D eigenvalue weighted by Gasteiger charge is 2.11. The molecule has 1 amide bonds. The van der Waals surface area contributed by atoms with Gasteiger partial charge in [0.05, 0.1) is 5.69 Å². The molecule has 0 unspecified atom stereocenters. The van der Waals surface area contributed by atoms with Crippen LogP contribution in [0.5, 0.6) is 0 Å². The summed E-state index contributed by atoms with van der Waals surface area (Å²) in [5.74, 6) is -0.178. The SMILES string of the molecule is CC(C)CNc1cc(Cl)nnc1C(N)=O. The molecule has 0 aliphatic carbocycles. The summed E-state index contributed by atoms with van der Waals surface area (Å²) in [4.78, 5) is 11.0. The van der Waals surface area contributed by atoms with Crippen LogP contribution >= 0.6 is 11.6 Å². The van der Waals surface area contributed by atoms with Crippen molar-refractivity contribution in [3.05, 3.63) is 16.9 Å². The Labute approximate surface area is 93.0 Å². The van der Waals surface area contributed by atoms with Crippen LogP contribution in [-0.2, 0) is 0 Å². The van der Waals surface area contributed by atoms with Gasteiger partial charge in [-0.15, -0.1) is 10.2 Å². The molecule has 0 bridgehead atoms. The lowest BCUT2D eigenvalue weighted by atomic mass is 10.2. The van der Waals surface area contributed by atoms with E-state index in [1.165, 1.54) is 6.07 Å². The van der Waals surface area contributed by atoms with Crippen molar-refractivity contribution in [3.63, 3.8) is 0 Å². The van der Waals surface area contributed by atoms with Gasteiger partial charge in [-0.3, -0.25) is 4.79 Å². The van der Waals surface area contributed by atoms with E-state index in [1.54, 1.807) is 0 Å². The van der Waals surface area contributed by atoms with Crippen LogP contribution in [0.2, 0.25) is 5.15 Å². The summed E-state index contributed by atoms with van der Waals surface area (Å²) in [7, 11) is 0. The van der Waals surface area contributed by atoms with Gasteiger partial charge in [-0.1, -0.05) is 25.4 Å². The molecular weight excluding hydrogens is 216 g/mol. The molecule has 3 N–H and O–H groups in total. The summed E-state index contributed by atoms with van der Waals surface area (Å²) in [5, 5.41) is 10.5. The summed E-state index contributed by atoms with van der Waals surface area (Å²) in [6.07, 6.45) is 0. The van der Waals surface area contributed by atoms with E-state index in [2.05, 4.69) is 15.5 Å². The number of rotatable bonds is 4. The van der Waals surface area contributed by atoms with E-state index in [0.29, 0.717) is 18.2 Å². The third-order valence-electron chi connectivity index (χ3n) is 1.70. The molecule has 0 fully saturated rings. The molecule has 15 heavy (non-hydrogen) atoms. The molecule has 0 aliphatic heterocycles. The highest BCUT2D eigenvalue weighted by Crippen LogP contribution is 2.16. The Hall–Kier alpha value is -1.36. The van der Waals surface area contributed by atoms with Gasteiger partial charge in [0.15, 0.2) is 10.8 Å². The van der Waals surface area contributed by atoms with Crippen molar-refractivity contribution in [2.75, 3.05) is 11.9 Å². The highest BCUT2D eigenvalue weighted by atomic mass is 35.5. The minimum absolute atomic E-state index is 0.111. The molecule has 1 rings (SSSR count). The third-order valence-corrected chi connectivity index (χ3v) is 1.88. The Morgan fingerprint density at radius 2 is 2.27 bits per heavy atom. The molecule has 1 heterocycles. The number of carbonyl (C=O) groups is 1. The van der Waals surface area contributed by atoms with E-state index < -0.39 is 5.91 Å². The molecule has 1 aromatic rings. The van der Waals surface area contributed by atoms with Gasteiger partial charge >= 0.3 is 0 Å². The molecule has 6 heteroatoms. The minimum Gasteiger partial charge on any atom is -0.383 e. The maximum atomic E-state index is 11.0. The summed E-state index contributed by atoms with van der Waals surface area (Å²) in [6, 6.07) is 1.54. The molecule has 0 saturated heterocycles. The van der Waals surface area contributed by atoms with Crippen molar-refractivity contribution in [2.45, 2.75) is 13.8 Å². The van der Waals surface area contributed by atoms with Crippen molar-refractivity contribution >= 4 is 23.2 Å². The molecule has 82 valence electrons. The maximum absolute atomic E-state index is 11.0. The second-order valence-corrected chi connectivity index (χ2v) is 3.96. The Balaban J connectivity index is 2.92. The Bertz CT molecular complexity index is 367. The van der Waals surface area contributed by atoms with E-state index >= 15 is 0 Å². The van der Waals surface area contributed by atoms with Gasteiger partial charge in [-0.25, -0.2) is 0 Å². The summed E-state index contributed by atoms with van der Waals surface area (Å²) in [5.41, 5.74) is 5.78. The molecule has 1 aromatic heterocycles. The number of anilines is 1. The number of amides is 1. The van der Waals surface area contributed by atoms with Crippen molar-refractivity contribution < 1.29 is 4.79 Å². The first kappa shape index (κ1) is 11.7. The van der Waals surface area contributed by atoms with E-state index in [1.807, 2.05) is 13.8 Å². The number of hydrogen-bond acceptors (Lipinski definition) is 4. The smallest absolute Gasteiger partial charge is 0.271 e. The third kappa shape index (κ3) is 3.36. The zero-order valence-electron chi connectivity index (χ0n) is 8.62. The zero-order chi connectivity index (χ0) is 11.4. The Morgan fingerprint density at radius 3 is 2.80 bits per heavy atom. The average molecular weight is 229 g/mol. The maximum Gasteiger partial charge on any atom is 0.271 e. The molecule has 0 atom stereocenters. The number of primary amides is 1. The largest absolute Gasteiger partial charge is 0.383 e. The number of nitrogens with zero attached hydrogens (tertiary/aromatic N) is 2. The minimum atomic E-state index is -0.620. The fourth-order valence-electron chi connectivity index (χ4n) is 0.999. The molecular formula is C9H13ClN4O. The lowest BCUT2D eigenvalue weighted by Crippen LogP contribution is -2.18. The standard InChI is InChI=1S/C9H13ClN4O/c1-5(2)4-12-6-3-7(10)13-14-8(6)9(11)15/h3,5H,4H2,1-2H3,(H2,11,15)(H,12,13). The van der Waals surface area contributed by atoms with Gasteiger partial charge in [0.25, 0.3) is 5.91 Å². The molecule has 0 spiro atoms. The van der Waals surface area contributed by atoms with Crippen LogP contribution in [0.1, 0.15) is 24.3 Å². The van der Waals surface area contributed by atoms with E-state index in [0.717, 1.165) is 0 Å². The average Bonchev–Trinajstić information content (AvgIpc) is 2.14. The topological polar surface area (TPSA) is 80.9 Å². The van der Waals surface area contributed by atoms with Crippen molar-refractivity contribution in [1.82, 2.24) is 10.2 Å². The highest BCUT2D eigenvalue weighted by molar-refractivity contribution is 6.29. The summed E-state index contributed by atoms with van der Waals surface area (Å²) in [6.45, 7) is 4.81. The second-order valence-electron chi connectivity index (χ2n) is 3.57. The molecule has 0 aromatic carbocycles. The predicted molar refractivity (Wildman–Crippen MR) is 58.9 cm³/mol. The van der Waals surface area contributed by atoms with Crippen LogP contribution in [0.4, 0.5) is 5.69 Å². The monoisotopic (exact) mass is 228 g/mol. The van der Waals surface area contributed by atoms with Gasteiger partial charge < -0.3 is 11.1 Å². The zero-order valence-corrected chi connectivity index (χ0v) is 9.38. The number of hydrogen-bond donors (Lipinski definition) is 2. The van der Waals surface area contributed by atoms with E-state index in [4.69, 9.17) is 17.3 Å². The quantitative estimate of drug-likeness (QED) is 0.814. The normalized spacial score (nSPS) is 10.4. The summed E-state index contributed by atoms with van der Waals surface area (Å²) < 4.78 is 0. The van der Waals surface area contributed by atoms with Crippen molar-refractivity contribution in [3.8, 4) is 0 Å². The first-order valence-corrected chi connectivity index (χ1v) is 4.95. The van der Waals surface area contributed by atoms with Gasteiger partial charge in [0, 0.05) is 12.6 Å². The van der Waals surface area contributed by atoms with Gasteiger partial charge in [-0.2, -0.15) is 0 Å².